The van der Waals surface area contributed by atoms with E-state index in [1.807, 2.05) is 43.3 Å². The number of nitrogens with zero attached hydrogens (tertiary/aromatic N) is 2. The molecule has 3 aromatic rings. The average Bonchev–Trinajstić information content (AvgIpc) is 3.01. The first kappa shape index (κ1) is 16.5. The number of carbonyl (C=O) groups excluding carboxylic acids is 1. The van der Waals surface area contributed by atoms with E-state index in [4.69, 9.17) is 6.42 Å². The number of anilines is 1. The molecule has 0 aliphatic heterocycles. The summed E-state index contributed by atoms with van der Waals surface area (Å²) in [5.74, 6) is 3.06. The van der Waals surface area contributed by atoms with Gasteiger partial charge in [-0.3, -0.25) is 14.9 Å². The third kappa shape index (κ3) is 3.93. The Bertz CT molecular complexity index is 905. The van der Waals surface area contributed by atoms with Crippen LogP contribution in [0.15, 0.2) is 48.8 Å². The van der Waals surface area contributed by atoms with E-state index in [2.05, 4.69) is 26.4 Å². The Hall–Kier alpha value is -3.39. The number of hydrogen-bond donors (Lipinski definition) is 2. The Balaban J connectivity index is 1.61. The van der Waals surface area contributed by atoms with Crippen LogP contribution in [0.4, 0.5) is 5.82 Å². The molecule has 0 unspecified atom stereocenters. The second kappa shape index (κ2) is 7.45. The Morgan fingerprint density at radius 2 is 1.92 bits per heavy atom. The first-order chi connectivity index (χ1) is 12.2. The van der Waals surface area contributed by atoms with E-state index in [1.54, 1.807) is 12.4 Å². The van der Waals surface area contributed by atoms with Crippen molar-refractivity contribution in [2.45, 2.75) is 19.8 Å². The molecule has 5 heteroatoms. The number of H-pyrrole nitrogens is 1. The van der Waals surface area contributed by atoms with Gasteiger partial charge in [-0.2, -0.15) is 5.10 Å². The Morgan fingerprint density at radius 1 is 1.20 bits per heavy atom. The molecule has 0 spiro atoms. The molecule has 0 atom stereocenters. The molecule has 1 amide bonds. The predicted molar refractivity (Wildman–Crippen MR) is 97.9 cm³/mol. The summed E-state index contributed by atoms with van der Waals surface area (Å²) in [6, 6.07) is 11.4. The van der Waals surface area contributed by atoms with Crippen molar-refractivity contribution in [3.05, 3.63) is 65.5 Å². The summed E-state index contributed by atoms with van der Waals surface area (Å²) < 4.78 is 0. The van der Waals surface area contributed by atoms with Crippen LogP contribution in [-0.4, -0.2) is 21.1 Å². The Morgan fingerprint density at radius 3 is 2.60 bits per heavy atom. The number of terminal acetylenes is 1. The fraction of sp³-hybridized carbons (Fsp3) is 0.150. The van der Waals surface area contributed by atoms with Crippen molar-refractivity contribution in [2.24, 2.45) is 0 Å². The van der Waals surface area contributed by atoms with Crippen molar-refractivity contribution < 1.29 is 4.79 Å². The number of rotatable bonds is 5. The van der Waals surface area contributed by atoms with Gasteiger partial charge in [-0.15, -0.1) is 6.42 Å². The molecule has 3 rings (SSSR count). The van der Waals surface area contributed by atoms with Gasteiger partial charge in [0.1, 0.15) is 0 Å². The van der Waals surface area contributed by atoms with Crippen LogP contribution in [0.1, 0.15) is 23.1 Å². The van der Waals surface area contributed by atoms with E-state index < -0.39 is 0 Å². The third-order valence-electron chi connectivity index (χ3n) is 4.00. The highest BCUT2D eigenvalue weighted by molar-refractivity contribution is 5.91. The van der Waals surface area contributed by atoms with Crippen LogP contribution in [-0.2, 0) is 11.2 Å². The first-order valence-electron chi connectivity index (χ1n) is 7.98. The maximum atomic E-state index is 12.2. The first-order valence-corrected chi connectivity index (χ1v) is 7.98. The molecule has 1 aromatic carbocycles. The molecule has 124 valence electrons. The Kier molecular flexibility index (Phi) is 4.91. The van der Waals surface area contributed by atoms with E-state index in [0.717, 1.165) is 27.9 Å². The summed E-state index contributed by atoms with van der Waals surface area (Å²) >= 11 is 0. The maximum Gasteiger partial charge on any atom is 0.225 e. The number of nitrogens with one attached hydrogen (secondary N) is 2. The zero-order chi connectivity index (χ0) is 17.6. The molecule has 2 N–H and O–H groups in total. The molecule has 25 heavy (non-hydrogen) atoms. The van der Waals surface area contributed by atoms with Gasteiger partial charge in [0.2, 0.25) is 5.91 Å². The molecule has 2 aromatic heterocycles. The minimum Gasteiger partial charge on any atom is -0.309 e. The highest BCUT2D eigenvalue weighted by atomic mass is 16.1. The molecule has 0 bridgehead atoms. The van der Waals surface area contributed by atoms with Crippen LogP contribution in [0.25, 0.3) is 11.3 Å². The fourth-order valence-electron chi connectivity index (χ4n) is 2.54. The molecule has 0 fully saturated rings. The van der Waals surface area contributed by atoms with Crippen LogP contribution >= 0.6 is 0 Å². The number of carbonyl (C=O) groups is 1. The second-order valence-corrected chi connectivity index (χ2v) is 5.70. The monoisotopic (exact) mass is 330 g/mol. The van der Waals surface area contributed by atoms with Crippen molar-refractivity contribution in [2.75, 3.05) is 5.32 Å². The van der Waals surface area contributed by atoms with Crippen molar-refractivity contribution in [3.8, 4) is 23.6 Å². The number of amides is 1. The summed E-state index contributed by atoms with van der Waals surface area (Å²) in [5.41, 5.74) is 4.67. The molecule has 0 radical (unpaired) electrons. The van der Waals surface area contributed by atoms with Crippen molar-refractivity contribution >= 4 is 11.7 Å². The highest BCUT2D eigenvalue weighted by Gasteiger charge is 2.13. The van der Waals surface area contributed by atoms with Gasteiger partial charge in [0.05, 0.1) is 5.69 Å². The predicted octanol–water partition coefficient (Wildman–Crippen LogP) is 3.33. The lowest BCUT2D eigenvalue weighted by atomic mass is 10.1. The minimum atomic E-state index is -0.0723. The smallest absolute Gasteiger partial charge is 0.225 e. The molecule has 0 saturated carbocycles. The highest BCUT2D eigenvalue weighted by Crippen LogP contribution is 2.25. The quantitative estimate of drug-likeness (QED) is 0.705. The van der Waals surface area contributed by atoms with Gasteiger partial charge < -0.3 is 5.32 Å². The van der Waals surface area contributed by atoms with Crippen LogP contribution in [0.2, 0.25) is 0 Å². The minimum absolute atomic E-state index is 0.0723. The molecule has 2 heterocycles. The van der Waals surface area contributed by atoms with Crippen molar-refractivity contribution in [1.82, 2.24) is 15.2 Å². The third-order valence-corrected chi connectivity index (χ3v) is 4.00. The van der Waals surface area contributed by atoms with Crippen LogP contribution in [0.5, 0.6) is 0 Å². The number of benzene rings is 1. The van der Waals surface area contributed by atoms with Gasteiger partial charge in [-0.1, -0.05) is 18.1 Å². The average molecular weight is 330 g/mol. The summed E-state index contributed by atoms with van der Waals surface area (Å²) in [7, 11) is 0. The van der Waals surface area contributed by atoms with Gasteiger partial charge in [-0.25, -0.2) is 0 Å². The summed E-state index contributed by atoms with van der Waals surface area (Å²) in [6.45, 7) is 1.92. The van der Waals surface area contributed by atoms with Crippen molar-refractivity contribution in [3.63, 3.8) is 0 Å². The van der Waals surface area contributed by atoms with E-state index in [9.17, 15) is 4.79 Å². The number of aromatic nitrogens is 3. The lowest BCUT2D eigenvalue weighted by Crippen LogP contribution is -2.13. The van der Waals surface area contributed by atoms with Crippen molar-refractivity contribution in [1.29, 1.82) is 0 Å². The van der Waals surface area contributed by atoms with Gasteiger partial charge in [0.25, 0.3) is 0 Å². The van der Waals surface area contributed by atoms with Gasteiger partial charge in [0.15, 0.2) is 5.82 Å². The SMILES string of the molecule is C#Cc1ccc(CCC(=O)Nc2n[nH]c(-c3ccncc3)c2C)cc1. The van der Waals surface area contributed by atoms with E-state index >= 15 is 0 Å². The summed E-state index contributed by atoms with van der Waals surface area (Å²) in [6.07, 6.45) is 9.81. The van der Waals surface area contributed by atoms with Crippen LogP contribution in [0, 0.1) is 19.3 Å². The van der Waals surface area contributed by atoms with Gasteiger partial charge in [-0.05, 0) is 43.2 Å². The zero-order valence-electron chi connectivity index (χ0n) is 13.9. The molecule has 0 aliphatic rings. The molecular weight excluding hydrogens is 312 g/mol. The lowest BCUT2D eigenvalue weighted by molar-refractivity contribution is -0.116. The molecule has 0 saturated heterocycles. The largest absolute Gasteiger partial charge is 0.309 e. The Labute approximate surface area is 146 Å². The number of aromatic amines is 1. The lowest BCUT2D eigenvalue weighted by Gasteiger charge is -2.04. The van der Waals surface area contributed by atoms with Gasteiger partial charge >= 0.3 is 0 Å². The van der Waals surface area contributed by atoms with Crippen LogP contribution < -0.4 is 5.32 Å². The molecular formula is C20H18N4O. The number of aryl methyl sites for hydroxylation is 1. The fourth-order valence-corrected chi connectivity index (χ4v) is 2.54. The topological polar surface area (TPSA) is 70.7 Å². The standard InChI is InChI=1S/C20H18N4O/c1-3-15-4-6-16(7-5-15)8-9-18(25)22-20-14(2)19(23-24-20)17-10-12-21-13-11-17/h1,4-7,10-13H,8-9H2,2H3,(H2,22,23,24,25). The maximum absolute atomic E-state index is 12.2. The summed E-state index contributed by atoms with van der Waals surface area (Å²) in [4.78, 5) is 16.2. The van der Waals surface area contributed by atoms with Gasteiger partial charge in [0, 0.05) is 35.5 Å². The van der Waals surface area contributed by atoms with E-state index in [-0.39, 0.29) is 5.91 Å². The zero-order valence-corrected chi connectivity index (χ0v) is 13.9. The number of hydrogen-bond acceptors (Lipinski definition) is 3. The number of pyridine rings is 1. The van der Waals surface area contributed by atoms with E-state index in [0.29, 0.717) is 18.7 Å². The molecule has 0 aliphatic carbocycles. The summed E-state index contributed by atoms with van der Waals surface area (Å²) in [5, 5.41) is 10.0. The second-order valence-electron chi connectivity index (χ2n) is 5.70. The normalized spacial score (nSPS) is 10.2. The molecule has 5 nitrogen and oxygen atoms in total. The van der Waals surface area contributed by atoms with E-state index in [1.165, 1.54) is 0 Å². The van der Waals surface area contributed by atoms with Crippen LogP contribution in [0.3, 0.4) is 0 Å².